The third-order valence-corrected chi connectivity index (χ3v) is 3.65. The summed E-state index contributed by atoms with van der Waals surface area (Å²) in [7, 11) is 0. The fraction of sp³-hybridized carbons (Fsp3) is 0.412. The summed E-state index contributed by atoms with van der Waals surface area (Å²) < 4.78 is 6.62. The topological polar surface area (TPSA) is 91.4 Å². The summed E-state index contributed by atoms with van der Waals surface area (Å²) in [6.07, 6.45) is 0.382. The van der Waals surface area contributed by atoms with Crippen molar-refractivity contribution in [2.75, 3.05) is 6.61 Å². The van der Waals surface area contributed by atoms with Gasteiger partial charge in [-0.15, -0.1) is 0 Å². The molecule has 2 rings (SSSR count). The number of fused-ring (bicyclic) bond motifs is 1. The van der Waals surface area contributed by atoms with Gasteiger partial charge in [-0.1, -0.05) is 20.8 Å². The lowest BCUT2D eigenvalue weighted by Gasteiger charge is -2.20. The maximum Gasteiger partial charge on any atom is 0.329 e. The highest BCUT2D eigenvalue weighted by atomic mass is 16.6. The standard InChI is InChI=1S/C17H20N2O5/c1-4-14(17(21)24-10-11(2)3)18-15-7-6-13(19(22)23)9-12(15)5-8-16(18)20/h5-9,11,14H,4,10H2,1-3H3. The number of nitrogens with zero attached hydrogens (tertiary/aromatic N) is 2. The van der Waals surface area contributed by atoms with Crippen LogP contribution in [0.15, 0.2) is 35.1 Å². The molecule has 0 amide bonds. The number of rotatable bonds is 6. The maximum atomic E-state index is 12.4. The highest BCUT2D eigenvalue weighted by molar-refractivity contribution is 5.84. The Morgan fingerprint density at radius 1 is 1.29 bits per heavy atom. The van der Waals surface area contributed by atoms with Crippen LogP contribution >= 0.6 is 0 Å². The van der Waals surface area contributed by atoms with Crippen LogP contribution in [0.2, 0.25) is 0 Å². The van der Waals surface area contributed by atoms with Gasteiger partial charge in [-0.25, -0.2) is 4.79 Å². The van der Waals surface area contributed by atoms with Gasteiger partial charge in [-0.05, 0) is 24.5 Å². The molecule has 0 N–H and O–H groups in total. The number of benzene rings is 1. The van der Waals surface area contributed by atoms with Crippen molar-refractivity contribution in [3.05, 3.63) is 50.8 Å². The first-order valence-corrected chi connectivity index (χ1v) is 7.81. The Balaban J connectivity index is 2.52. The highest BCUT2D eigenvalue weighted by Gasteiger charge is 2.23. The number of ether oxygens (including phenoxy) is 1. The van der Waals surface area contributed by atoms with Crippen molar-refractivity contribution in [2.45, 2.75) is 33.2 Å². The summed E-state index contributed by atoms with van der Waals surface area (Å²) in [6, 6.07) is 6.27. The number of nitro groups is 1. The van der Waals surface area contributed by atoms with Crippen LogP contribution in [0, 0.1) is 16.0 Å². The lowest BCUT2D eigenvalue weighted by Crippen LogP contribution is -2.31. The third-order valence-electron chi connectivity index (χ3n) is 3.65. The molecule has 7 heteroatoms. The van der Waals surface area contributed by atoms with E-state index in [9.17, 15) is 19.7 Å². The SMILES string of the molecule is CCC(C(=O)OCC(C)C)n1c(=O)ccc2cc([N+](=O)[O-])ccc21. The molecule has 24 heavy (non-hydrogen) atoms. The molecule has 0 aliphatic heterocycles. The molecule has 0 saturated heterocycles. The van der Waals surface area contributed by atoms with Gasteiger partial charge in [0, 0.05) is 23.6 Å². The lowest BCUT2D eigenvalue weighted by molar-refractivity contribution is -0.384. The maximum absolute atomic E-state index is 12.4. The summed E-state index contributed by atoms with van der Waals surface area (Å²) >= 11 is 0. The number of aromatic nitrogens is 1. The number of carbonyl (C=O) groups excluding carboxylic acids is 1. The van der Waals surface area contributed by atoms with E-state index in [1.54, 1.807) is 6.92 Å². The fourth-order valence-corrected chi connectivity index (χ4v) is 2.49. The monoisotopic (exact) mass is 332 g/mol. The van der Waals surface area contributed by atoms with Gasteiger partial charge in [-0.2, -0.15) is 0 Å². The van der Waals surface area contributed by atoms with Crippen LogP contribution in [0.1, 0.15) is 33.2 Å². The molecule has 0 saturated carbocycles. The first kappa shape index (κ1) is 17.7. The molecule has 1 heterocycles. The van der Waals surface area contributed by atoms with Gasteiger partial charge in [-0.3, -0.25) is 19.5 Å². The van der Waals surface area contributed by atoms with E-state index in [4.69, 9.17) is 4.74 Å². The summed E-state index contributed by atoms with van der Waals surface area (Å²) in [6.45, 7) is 5.92. The Morgan fingerprint density at radius 3 is 2.58 bits per heavy atom. The molecular formula is C17H20N2O5. The molecule has 1 unspecified atom stereocenters. The second-order valence-corrected chi connectivity index (χ2v) is 5.99. The lowest BCUT2D eigenvalue weighted by atomic mass is 10.1. The second-order valence-electron chi connectivity index (χ2n) is 5.99. The van der Waals surface area contributed by atoms with E-state index in [2.05, 4.69) is 0 Å². The predicted molar refractivity (Wildman–Crippen MR) is 90.0 cm³/mol. The normalized spacial score (nSPS) is 12.3. The van der Waals surface area contributed by atoms with Crippen LogP contribution in [-0.2, 0) is 9.53 Å². The minimum atomic E-state index is -0.763. The van der Waals surface area contributed by atoms with Gasteiger partial charge >= 0.3 is 5.97 Å². The van der Waals surface area contributed by atoms with E-state index in [-0.39, 0.29) is 23.8 Å². The van der Waals surface area contributed by atoms with E-state index in [1.807, 2.05) is 13.8 Å². The van der Waals surface area contributed by atoms with E-state index >= 15 is 0 Å². The number of hydrogen-bond acceptors (Lipinski definition) is 5. The van der Waals surface area contributed by atoms with Crippen molar-refractivity contribution >= 4 is 22.6 Å². The number of hydrogen-bond donors (Lipinski definition) is 0. The number of esters is 1. The Morgan fingerprint density at radius 2 is 2.00 bits per heavy atom. The number of pyridine rings is 1. The zero-order chi connectivity index (χ0) is 17.9. The number of non-ortho nitro benzene ring substituents is 1. The molecule has 0 spiro atoms. The van der Waals surface area contributed by atoms with Crippen molar-refractivity contribution in [1.29, 1.82) is 0 Å². The Bertz CT molecular complexity index is 825. The second kappa shape index (κ2) is 7.25. The van der Waals surface area contributed by atoms with Crippen molar-refractivity contribution in [3.8, 4) is 0 Å². The van der Waals surface area contributed by atoms with Crippen LogP contribution in [0.3, 0.4) is 0 Å². The molecule has 1 aromatic heterocycles. The zero-order valence-corrected chi connectivity index (χ0v) is 13.9. The molecule has 1 atom stereocenters. The summed E-state index contributed by atoms with van der Waals surface area (Å²) in [5.74, 6) is -0.280. The molecule has 7 nitrogen and oxygen atoms in total. The van der Waals surface area contributed by atoms with E-state index in [0.29, 0.717) is 17.3 Å². The van der Waals surface area contributed by atoms with Gasteiger partial charge < -0.3 is 4.74 Å². The Kier molecular flexibility index (Phi) is 5.33. The number of nitro benzene ring substituents is 1. The summed E-state index contributed by atoms with van der Waals surface area (Å²) in [5.41, 5.74) is 0.0641. The van der Waals surface area contributed by atoms with Crippen LogP contribution in [0.25, 0.3) is 10.9 Å². The van der Waals surface area contributed by atoms with Crippen molar-refractivity contribution in [2.24, 2.45) is 5.92 Å². The predicted octanol–water partition coefficient (Wildman–Crippen LogP) is 3.06. The molecular weight excluding hydrogens is 312 g/mol. The van der Waals surface area contributed by atoms with Gasteiger partial charge in [0.05, 0.1) is 17.0 Å². The van der Waals surface area contributed by atoms with Gasteiger partial charge in [0.1, 0.15) is 6.04 Å². The van der Waals surface area contributed by atoms with Crippen molar-refractivity contribution in [3.63, 3.8) is 0 Å². The average Bonchev–Trinajstić information content (AvgIpc) is 2.54. The minimum absolute atomic E-state index is 0.0665. The van der Waals surface area contributed by atoms with E-state index in [0.717, 1.165) is 0 Å². The molecule has 2 aromatic rings. The molecule has 0 fully saturated rings. The quantitative estimate of drug-likeness (QED) is 0.460. The van der Waals surface area contributed by atoms with Gasteiger partial charge in [0.25, 0.3) is 11.2 Å². The summed E-state index contributed by atoms with van der Waals surface area (Å²) in [5, 5.41) is 11.4. The summed E-state index contributed by atoms with van der Waals surface area (Å²) in [4.78, 5) is 35.1. The van der Waals surface area contributed by atoms with Crippen LogP contribution < -0.4 is 5.56 Å². The first-order chi connectivity index (χ1) is 11.3. The molecule has 0 aliphatic carbocycles. The fourth-order valence-electron chi connectivity index (χ4n) is 2.49. The minimum Gasteiger partial charge on any atom is -0.464 e. The van der Waals surface area contributed by atoms with E-state index < -0.39 is 16.9 Å². The average molecular weight is 332 g/mol. The molecule has 1 aromatic carbocycles. The number of carbonyl (C=O) groups is 1. The van der Waals surface area contributed by atoms with Crippen LogP contribution in [-0.4, -0.2) is 22.1 Å². The third kappa shape index (κ3) is 3.61. The Hall–Kier alpha value is -2.70. The Labute approximate surface area is 139 Å². The molecule has 0 bridgehead atoms. The first-order valence-electron chi connectivity index (χ1n) is 7.81. The largest absolute Gasteiger partial charge is 0.464 e. The highest BCUT2D eigenvalue weighted by Crippen LogP contribution is 2.23. The van der Waals surface area contributed by atoms with E-state index in [1.165, 1.54) is 34.9 Å². The molecule has 128 valence electrons. The molecule has 0 aliphatic rings. The van der Waals surface area contributed by atoms with Crippen molar-refractivity contribution < 1.29 is 14.5 Å². The smallest absolute Gasteiger partial charge is 0.329 e. The van der Waals surface area contributed by atoms with Gasteiger partial charge in [0.2, 0.25) is 0 Å². The zero-order valence-electron chi connectivity index (χ0n) is 13.9. The van der Waals surface area contributed by atoms with Crippen molar-refractivity contribution in [1.82, 2.24) is 4.57 Å². The van der Waals surface area contributed by atoms with Crippen LogP contribution in [0.5, 0.6) is 0 Å². The molecule has 0 radical (unpaired) electrons. The van der Waals surface area contributed by atoms with Crippen LogP contribution in [0.4, 0.5) is 5.69 Å². The van der Waals surface area contributed by atoms with Gasteiger partial charge in [0.15, 0.2) is 0 Å².